The van der Waals surface area contributed by atoms with E-state index in [-0.39, 0.29) is 5.41 Å². The van der Waals surface area contributed by atoms with E-state index in [2.05, 4.69) is 30.7 Å². The Morgan fingerprint density at radius 3 is 2.17 bits per heavy atom. The van der Waals surface area contributed by atoms with Gasteiger partial charge in [0.15, 0.2) is 5.75 Å². The van der Waals surface area contributed by atoms with E-state index in [1.807, 2.05) is 30.3 Å². The van der Waals surface area contributed by atoms with Crippen molar-refractivity contribution in [3.05, 3.63) is 54.1 Å². The molecule has 0 fully saturated rings. The summed E-state index contributed by atoms with van der Waals surface area (Å²) in [7, 11) is 0. The quantitative estimate of drug-likeness (QED) is 0.827. The van der Waals surface area contributed by atoms with Gasteiger partial charge in [-0.3, -0.25) is 0 Å². The van der Waals surface area contributed by atoms with Crippen LogP contribution in [-0.4, -0.2) is 9.97 Å². The molecular formula is C15H18N2O. The van der Waals surface area contributed by atoms with Gasteiger partial charge in [-0.05, 0) is 5.56 Å². The van der Waals surface area contributed by atoms with Crippen molar-refractivity contribution < 1.29 is 4.74 Å². The lowest BCUT2D eigenvalue weighted by Gasteiger charge is -2.16. The highest BCUT2D eigenvalue weighted by Gasteiger charge is 2.16. The fraction of sp³-hybridized carbons (Fsp3) is 0.333. The third-order valence-electron chi connectivity index (χ3n) is 2.55. The van der Waals surface area contributed by atoms with Crippen LogP contribution in [0.15, 0.2) is 42.7 Å². The van der Waals surface area contributed by atoms with Gasteiger partial charge in [-0.15, -0.1) is 0 Å². The van der Waals surface area contributed by atoms with Crippen molar-refractivity contribution in [3.63, 3.8) is 0 Å². The number of nitrogens with zero attached hydrogens (tertiary/aromatic N) is 2. The van der Waals surface area contributed by atoms with E-state index < -0.39 is 0 Å². The molecule has 0 bridgehead atoms. The second-order valence-corrected chi connectivity index (χ2v) is 5.27. The van der Waals surface area contributed by atoms with Crippen molar-refractivity contribution in [1.29, 1.82) is 0 Å². The normalized spacial score (nSPS) is 11.3. The smallest absolute Gasteiger partial charge is 0.156 e. The molecule has 3 nitrogen and oxygen atoms in total. The molecular weight excluding hydrogens is 224 g/mol. The van der Waals surface area contributed by atoms with Crippen LogP contribution in [0.1, 0.15) is 32.2 Å². The number of ether oxygens (including phenoxy) is 1. The van der Waals surface area contributed by atoms with E-state index in [1.54, 1.807) is 12.4 Å². The molecule has 0 unspecified atom stereocenters. The summed E-state index contributed by atoms with van der Waals surface area (Å²) in [6.45, 7) is 6.81. The summed E-state index contributed by atoms with van der Waals surface area (Å²) < 4.78 is 5.63. The van der Waals surface area contributed by atoms with Crippen LogP contribution in [0.3, 0.4) is 0 Å². The number of rotatable bonds is 3. The fourth-order valence-corrected chi connectivity index (χ4v) is 1.52. The van der Waals surface area contributed by atoms with Gasteiger partial charge < -0.3 is 4.74 Å². The zero-order valence-electron chi connectivity index (χ0n) is 11.1. The average Bonchev–Trinajstić information content (AvgIpc) is 2.37. The lowest BCUT2D eigenvalue weighted by Crippen LogP contribution is -2.15. The molecule has 0 saturated carbocycles. The van der Waals surface area contributed by atoms with Gasteiger partial charge in [-0.25, -0.2) is 9.97 Å². The summed E-state index contributed by atoms with van der Waals surface area (Å²) in [5, 5.41) is 0. The Bertz CT molecular complexity index is 486. The molecule has 0 amide bonds. The predicted octanol–water partition coefficient (Wildman–Crippen LogP) is 3.35. The predicted molar refractivity (Wildman–Crippen MR) is 71.5 cm³/mol. The SMILES string of the molecule is CC(C)(C)c1ncc(OCc2ccccc2)cn1. The van der Waals surface area contributed by atoms with E-state index >= 15 is 0 Å². The summed E-state index contributed by atoms with van der Waals surface area (Å²) in [5.74, 6) is 1.53. The molecule has 1 aromatic heterocycles. The monoisotopic (exact) mass is 242 g/mol. The average molecular weight is 242 g/mol. The molecule has 0 spiro atoms. The maximum atomic E-state index is 5.63. The molecule has 18 heavy (non-hydrogen) atoms. The second-order valence-electron chi connectivity index (χ2n) is 5.27. The maximum Gasteiger partial charge on any atom is 0.156 e. The van der Waals surface area contributed by atoms with E-state index in [0.29, 0.717) is 12.4 Å². The fourth-order valence-electron chi connectivity index (χ4n) is 1.52. The summed E-state index contributed by atoms with van der Waals surface area (Å²) in [4.78, 5) is 8.65. The largest absolute Gasteiger partial charge is 0.486 e. The van der Waals surface area contributed by atoms with E-state index in [0.717, 1.165) is 11.4 Å². The van der Waals surface area contributed by atoms with E-state index in [4.69, 9.17) is 4.74 Å². The second kappa shape index (κ2) is 5.17. The Hall–Kier alpha value is -1.90. The highest BCUT2D eigenvalue weighted by molar-refractivity contribution is 5.18. The van der Waals surface area contributed by atoms with Crippen molar-refractivity contribution in [2.45, 2.75) is 32.8 Å². The van der Waals surface area contributed by atoms with Crippen molar-refractivity contribution in [2.24, 2.45) is 0 Å². The van der Waals surface area contributed by atoms with Crippen molar-refractivity contribution >= 4 is 0 Å². The molecule has 1 heterocycles. The van der Waals surface area contributed by atoms with Gasteiger partial charge in [0.2, 0.25) is 0 Å². The molecule has 0 saturated heterocycles. The van der Waals surface area contributed by atoms with Crippen LogP contribution in [0.5, 0.6) is 5.75 Å². The molecule has 0 aliphatic rings. The third-order valence-corrected chi connectivity index (χ3v) is 2.55. The van der Waals surface area contributed by atoms with E-state index in [1.165, 1.54) is 0 Å². The van der Waals surface area contributed by atoms with Crippen LogP contribution in [-0.2, 0) is 12.0 Å². The van der Waals surface area contributed by atoms with Crippen LogP contribution >= 0.6 is 0 Å². The van der Waals surface area contributed by atoms with Gasteiger partial charge in [0.05, 0.1) is 12.4 Å². The molecule has 1 aromatic carbocycles. The first-order valence-corrected chi connectivity index (χ1v) is 6.05. The molecule has 0 aliphatic heterocycles. The summed E-state index contributed by atoms with van der Waals surface area (Å²) in [6, 6.07) is 10.1. The van der Waals surface area contributed by atoms with Gasteiger partial charge >= 0.3 is 0 Å². The topological polar surface area (TPSA) is 35.0 Å². The summed E-state index contributed by atoms with van der Waals surface area (Å²) in [5.41, 5.74) is 1.11. The minimum Gasteiger partial charge on any atom is -0.486 e. The van der Waals surface area contributed by atoms with Crippen LogP contribution in [0.2, 0.25) is 0 Å². The van der Waals surface area contributed by atoms with Crippen molar-refractivity contribution in [1.82, 2.24) is 9.97 Å². The summed E-state index contributed by atoms with van der Waals surface area (Å²) >= 11 is 0. The number of aromatic nitrogens is 2. The minimum absolute atomic E-state index is 0.0298. The number of hydrogen-bond donors (Lipinski definition) is 0. The number of benzene rings is 1. The molecule has 3 heteroatoms. The zero-order chi connectivity index (χ0) is 13.0. The summed E-state index contributed by atoms with van der Waals surface area (Å²) in [6.07, 6.45) is 3.47. The van der Waals surface area contributed by atoms with Gasteiger partial charge in [-0.2, -0.15) is 0 Å². The van der Waals surface area contributed by atoms with Gasteiger partial charge in [0.25, 0.3) is 0 Å². The van der Waals surface area contributed by atoms with Crippen LogP contribution in [0, 0.1) is 0 Å². The first-order chi connectivity index (χ1) is 8.55. The third kappa shape index (κ3) is 3.29. The molecule has 94 valence electrons. The van der Waals surface area contributed by atoms with E-state index in [9.17, 15) is 0 Å². The Labute approximate surface area is 108 Å². The highest BCUT2D eigenvalue weighted by Crippen LogP contribution is 2.19. The van der Waals surface area contributed by atoms with Gasteiger partial charge in [0.1, 0.15) is 12.4 Å². The van der Waals surface area contributed by atoms with Crippen molar-refractivity contribution in [2.75, 3.05) is 0 Å². The Kier molecular flexibility index (Phi) is 3.60. The zero-order valence-corrected chi connectivity index (χ0v) is 11.1. The molecule has 0 radical (unpaired) electrons. The lowest BCUT2D eigenvalue weighted by molar-refractivity contribution is 0.302. The first kappa shape index (κ1) is 12.6. The molecule has 0 aliphatic carbocycles. The van der Waals surface area contributed by atoms with Gasteiger partial charge in [0, 0.05) is 5.41 Å². The molecule has 2 aromatic rings. The lowest BCUT2D eigenvalue weighted by atomic mass is 9.96. The van der Waals surface area contributed by atoms with Crippen molar-refractivity contribution in [3.8, 4) is 5.75 Å². The molecule has 0 N–H and O–H groups in total. The van der Waals surface area contributed by atoms with Gasteiger partial charge in [-0.1, -0.05) is 51.1 Å². The Morgan fingerprint density at radius 2 is 1.61 bits per heavy atom. The molecule has 2 rings (SSSR count). The highest BCUT2D eigenvalue weighted by atomic mass is 16.5. The van der Waals surface area contributed by atoms with Crippen LogP contribution in [0.25, 0.3) is 0 Å². The van der Waals surface area contributed by atoms with Crippen LogP contribution in [0.4, 0.5) is 0 Å². The maximum absolute atomic E-state index is 5.63. The Balaban J connectivity index is 1.99. The standard InChI is InChI=1S/C15H18N2O/c1-15(2,3)14-16-9-13(10-17-14)18-11-12-7-5-4-6-8-12/h4-10H,11H2,1-3H3. The number of hydrogen-bond acceptors (Lipinski definition) is 3. The minimum atomic E-state index is -0.0298. The van der Waals surface area contributed by atoms with Crippen LogP contribution < -0.4 is 4.74 Å². The first-order valence-electron chi connectivity index (χ1n) is 6.05. The molecule has 0 atom stereocenters. The Morgan fingerprint density at radius 1 is 1.00 bits per heavy atom.